The molecule has 0 amide bonds. The fourth-order valence-corrected chi connectivity index (χ4v) is 1.53. The third kappa shape index (κ3) is 2.11. The van der Waals surface area contributed by atoms with Gasteiger partial charge >= 0.3 is 5.97 Å². The maximum Gasteiger partial charge on any atom is 0.352 e. The van der Waals surface area contributed by atoms with Gasteiger partial charge in [0, 0.05) is 12.7 Å². The number of benzene rings is 1. The van der Waals surface area contributed by atoms with E-state index in [0.29, 0.717) is 6.54 Å². The summed E-state index contributed by atoms with van der Waals surface area (Å²) in [5, 5.41) is 8.90. The molecule has 0 aliphatic rings. The lowest BCUT2D eigenvalue weighted by Gasteiger charge is -2.06. The highest BCUT2D eigenvalue weighted by atomic mass is 19.1. The van der Waals surface area contributed by atoms with E-state index in [4.69, 9.17) is 5.11 Å². The molecule has 16 heavy (non-hydrogen) atoms. The van der Waals surface area contributed by atoms with Gasteiger partial charge in [-0.05, 0) is 29.8 Å². The van der Waals surface area contributed by atoms with Gasteiger partial charge in [0.2, 0.25) is 0 Å². The molecule has 0 unspecified atom stereocenters. The van der Waals surface area contributed by atoms with E-state index in [1.54, 1.807) is 29.0 Å². The molecule has 1 N–H and O–H groups in total. The van der Waals surface area contributed by atoms with Crippen molar-refractivity contribution < 1.29 is 14.3 Å². The molecule has 3 nitrogen and oxygen atoms in total. The molecule has 0 aliphatic heterocycles. The lowest BCUT2D eigenvalue weighted by atomic mass is 10.2. The van der Waals surface area contributed by atoms with E-state index in [2.05, 4.69) is 0 Å². The van der Waals surface area contributed by atoms with Crippen LogP contribution in [0.5, 0.6) is 0 Å². The number of aromatic carboxylic acids is 1. The van der Waals surface area contributed by atoms with Gasteiger partial charge in [-0.3, -0.25) is 0 Å². The fourth-order valence-electron chi connectivity index (χ4n) is 1.53. The molecule has 0 radical (unpaired) electrons. The number of nitrogens with zero attached hydrogens (tertiary/aromatic N) is 1. The van der Waals surface area contributed by atoms with Crippen LogP contribution in [-0.4, -0.2) is 15.6 Å². The second kappa shape index (κ2) is 4.18. The van der Waals surface area contributed by atoms with Gasteiger partial charge in [-0.25, -0.2) is 9.18 Å². The van der Waals surface area contributed by atoms with E-state index in [0.717, 1.165) is 5.56 Å². The van der Waals surface area contributed by atoms with Crippen LogP contribution in [0, 0.1) is 5.82 Å². The topological polar surface area (TPSA) is 42.2 Å². The minimum Gasteiger partial charge on any atom is -0.477 e. The summed E-state index contributed by atoms with van der Waals surface area (Å²) in [5.74, 6) is -1.26. The monoisotopic (exact) mass is 219 g/mol. The maximum absolute atomic E-state index is 12.7. The number of carboxylic acids is 1. The molecular weight excluding hydrogens is 209 g/mol. The second-order valence-electron chi connectivity index (χ2n) is 3.45. The fraction of sp³-hybridized carbons (Fsp3) is 0.0833. The van der Waals surface area contributed by atoms with Crippen LogP contribution in [0.4, 0.5) is 4.39 Å². The highest BCUT2D eigenvalue weighted by Gasteiger charge is 2.08. The summed E-state index contributed by atoms with van der Waals surface area (Å²) in [7, 11) is 0. The molecule has 82 valence electrons. The van der Waals surface area contributed by atoms with E-state index < -0.39 is 5.97 Å². The zero-order valence-corrected chi connectivity index (χ0v) is 8.43. The van der Waals surface area contributed by atoms with Crippen LogP contribution in [0.2, 0.25) is 0 Å². The van der Waals surface area contributed by atoms with E-state index in [1.807, 2.05) is 0 Å². The molecule has 1 heterocycles. The van der Waals surface area contributed by atoms with Crippen molar-refractivity contribution in [3.63, 3.8) is 0 Å². The van der Waals surface area contributed by atoms with Gasteiger partial charge in [-0.1, -0.05) is 12.1 Å². The lowest BCUT2D eigenvalue weighted by molar-refractivity contribution is 0.0685. The zero-order chi connectivity index (χ0) is 11.5. The van der Waals surface area contributed by atoms with E-state index >= 15 is 0 Å². The Hall–Kier alpha value is -2.10. The van der Waals surface area contributed by atoms with Crippen LogP contribution in [0.25, 0.3) is 0 Å². The summed E-state index contributed by atoms with van der Waals surface area (Å²) >= 11 is 0. The van der Waals surface area contributed by atoms with E-state index in [-0.39, 0.29) is 11.5 Å². The minimum atomic E-state index is -0.966. The predicted molar refractivity (Wildman–Crippen MR) is 56.9 cm³/mol. The third-order valence-electron chi connectivity index (χ3n) is 2.31. The molecule has 4 heteroatoms. The van der Waals surface area contributed by atoms with Crippen molar-refractivity contribution in [2.45, 2.75) is 6.54 Å². The number of carbonyl (C=O) groups is 1. The lowest BCUT2D eigenvalue weighted by Crippen LogP contribution is -2.08. The highest BCUT2D eigenvalue weighted by Crippen LogP contribution is 2.09. The molecular formula is C12H10FNO2. The Morgan fingerprint density at radius 1 is 1.25 bits per heavy atom. The Morgan fingerprint density at radius 2 is 1.94 bits per heavy atom. The van der Waals surface area contributed by atoms with Crippen LogP contribution >= 0.6 is 0 Å². The summed E-state index contributed by atoms with van der Waals surface area (Å²) < 4.78 is 14.3. The molecule has 0 aliphatic carbocycles. The van der Waals surface area contributed by atoms with Crippen LogP contribution in [0.15, 0.2) is 42.6 Å². The van der Waals surface area contributed by atoms with Gasteiger partial charge in [-0.15, -0.1) is 0 Å². The minimum absolute atomic E-state index is 0.226. The summed E-state index contributed by atoms with van der Waals surface area (Å²) in [6, 6.07) is 9.21. The summed E-state index contributed by atoms with van der Waals surface area (Å²) in [6.45, 7) is 0.426. The maximum atomic E-state index is 12.7. The van der Waals surface area contributed by atoms with Crippen LogP contribution in [0.1, 0.15) is 16.1 Å². The Bertz CT molecular complexity index is 502. The zero-order valence-electron chi connectivity index (χ0n) is 8.43. The first-order chi connectivity index (χ1) is 7.66. The number of hydrogen-bond donors (Lipinski definition) is 1. The molecule has 2 aromatic rings. The number of rotatable bonds is 3. The first-order valence-electron chi connectivity index (χ1n) is 4.80. The smallest absolute Gasteiger partial charge is 0.352 e. The van der Waals surface area contributed by atoms with Gasteiger partial charge in [0.05, 0.1) is 0 Å². The average molecular weight is 219 g/mol. The number of carboxylic acid groups (broad SMARTS) is 1. The first-order valence-corrected chi connectivity index (χ1v) is 4.80. The molecule has 2 rings (SSSR count). The number of hydrogen-bond acceptors (Lipinski definition) is 1. The molecule has 0 spiro atoms. The van der Waals surface area contributed by atoms with E-state index in [1.165, 1.54) is 18.2 Å². The van der Waals surface area contributed by atoms with Crippen molar-refractivity contribution in [3.05, 3.63) is 59.7 Å². The quantitative estimate of drug-likeness (QED) is 0.861. The van der Waals surface area contributed by atoms with Gasteiger partial charge in [0.25, 0.3) is 0 Å². The van der Waals surface area contributed by atoms with Crippen LogP contribution in [-0.2, 0) is 6.54 Å². The summed E-state index contributed by atoms with van der Waals surface area (Å²) in [5.41, 5.74) is 1.09. The second-order valence-corrected chi connectivity index (χ2v) is 3.45. The number of aromatic nitrogens is 1. The highest BCUT2D eigenvalue weighted by molar-refractivity contribution is 5.85. The Kier molecular flexibility index (Phi) is 2.72. The molecule has 0 saturated heterocycles. The normalized spacial score (nSPS) is 10.3. The first kappa shape index (κ1) is 10.4. The molecule has 0 atom stereocenters. The standard InChI is InChI=1S/C12H10FNO2/c13-10-5-3-9(4-6-10)8-14-7-1-2-11(14)12(15)16/h1-7H,8H2,(H,15,16). The Labute approximate surface area is 91.8 Å². The molecule has 1 aromatic carbocycles. The SMILES string of the molecule is O=C(O)c1cccn1Cc1ccc(F)cc1. The largest absolute Gasteiger partial charge is 0.477 e. The van der Waals surface area contributed by atoms with Gasteiger partial charge < -0.3 is 9.67 Å². The molecule has 0 fully saturated rings. The third-order valence-corrected chi connectivity index (χ3v) is 2.31. The Morgan fingerprint density at radius 3 is 2.56 bits per heavy atom. The molecule has 1 aromatic heterocycles. The predicted octanol–water partition coefficient (Wildman–Crippen LogP) is 2.37. The molecule has 0 saturated carbocycles. The summed E-state index contributed by atoms with van der Waals surface area (Å²) in [6.07, 6.45) is 1.69. The van der Waals surface area contributed by atoms with Crippen LogP contribution in [0.3, 0.4) is 0 Å². The van der Waals surface area contributed by atoms with Crippen molar-refractivity contribution >= 4 is 5.97 Å². The summed E-state index contributed by atoms with van der Waals surface area (Å²) in [4.78, 5) is 10.8. The van der Waals surface area contributed by atoms with Gasteiger partial charge in [0.15, 0.2) is 0 Å². The van der Waals surface area contributed by atoms with Crippen molar-refractivity contribution in [1.29, 1.82) is 0 Å². The molecule has 0 bridgehead atoms. The van der Waals surface area contributed by atoms with Gasteiger partial charge in [-0.2, -0.15) is 0 Å². The van der Waals surface area contributed by atoms with Crippen molar-refractivity contribution in [2.75, 3.05) is 0 Å². The van der Waals surface area contributed by atoms with Gasteiger partial charge in [0.1, 0.15) is 11.5 Å². The van der Waals surface area contributed by atoms with Crippen molar-refractivity contribution in [2.24, 2.45) is 0 Å². The number of halogens is 1. The van der Waals surface area contributed by atoms with Crippen molar-refractivity contribution in [1.82, 2.24) is 4.57 Å². The van der Waals surface area contributed by atoms with Crippen LogP contribution < -0.4 is 0 Å². The Balaban J connectivity index is 2.23. The van der Waals surface area contributed by atoms with E-state index in [9.17, 15) is 9.18 Å². The van der Waals surface area contributed by atoms with Crippen molar-refractivity contribution in [3.8, 4) is 0 Å². The average Bonchev–Trinajstić information content (AvgIpc) is 2.69.